The molecule has 0 aliphatic heterocycles. The van der Waals surface area contributed by atoms with Gasteiger partial charge < -0.3 is 9.84 Å². The van der Waals surface area contributed by atoms with Crippen LogP contribution in [0.1, 0.15) is 13.3 Å². The van der Waals surface area contributed by atoms with E-state index in [-0.39, 0.29) is 11.5 Å². The Morgan fingerprint density at radius 3 is 2.70 bits per heavy atom. The van der Waals surface area contributed by atoms with Crippen LogP contribution in [-0.2, 0) is 9.53 Å². The maximum absolute atomic E-state index is 9.99. The normalized spacial score (nSPS) is 12.2. The molecule has 0 aliphatic carbocycles. The van der Waals surface area contributed by atoms with Crippen LogP contribution in [0.25, 0.3) is 0 Å². The standard InChI is InChI=1S/C5H9NO3S/c1-3(10)9-4(6)2-5(7)8/h4H,2,6H2,1H3,(H,7,8). The Hall–Kier alpha value is -0.680. The van der Waals surface area contributed by atoms with Crippen molar-refractivity contribution >= 4 is 23.2 Å². The van der Waals surface area contributed by atoms with E-state index in [1.54, 1.807) is 0 Å². The molecule has 0 aromatic rings. The van der Waals surface area contributed by atoms with Crippen molar-refractivity contribution in [3.8, 4) is 0 Å². The van der Waals surface area contributed by atoms with E-state index in [1.807, 2.05) is 0 Å². The fraction of sp³-hybridized carbons (Fsp3) is 0.600. The number of hydrogen-bond acceptors (Lipinski definition) is 4. The van der Waals surface area contributed by atoms with Crippen LogP contribution in [0.4, 0.5) is 0 Å². The number of carboxylic acid groups (broad SMARTS) is 1. The third-order valence-electron chi connectivity index (χ3n) is 0.693. The molecule has 0 heterocycles. The first kappa shape index (κ1) is 9.32. The smallest absolute Gasteiger partial charge is 0.308 e. The molecular weight excluding hydrogens is 154 g/mol. The summed E-state index contributed by atoms with van der Waals surface area (Å²) in [6, 6.07) is 0. The molecule has 0 amide bonds. The van der Waals surface area contributed by atoms with Gasteiger partial charge in [0.15, 0.2) is 11.3 Å². The number of nitrogens with two attached hydrogens (primary N) is 1. The van der Waals surface area contributed by atoms with Crippen molar-refractivity contribution in [2.75, 3.05) is 0 Å². The minimum atomic E-state index is -0.997. The summed E-state index contributed by atoms with van der Waals surface area (Å²) in [5, 5.41) is 8.45. The Labute approximate surface area is 64.0 Å². The molecule has 3 N–H and O–H groups in total. The van der Waals surface area contributed by atoms with Crippen molar-refractivity contribution in [1.29, 1.82) is 0 Å². The van der Waals surface area contributed by atoms with E-state index in [1.165, 1.54) is 6.92 Å². The number of carboxylic acids is 1. The van der Waals surface area contributed by atoms with E-state index in [0.29, 0.717) is 0 Å². The van der Waals surface area contributed by atoms with Gasteiger partial charge in [0.1, 0.15) is 0 Å². The van der Waals surface area contributed by atoms with Gasteiger partial charge in [-0.2, -0.15) is 0 Å². The second kappa shape index (κ2) is 4.19. The highest BCUT2D eigenvalue weighted by Crippen LogP contribution is 1.91. The molecule has 0 rings (SSSR count). The van der Waals surface area contributed by atoms with Gasteiger partial charge in [-0.15, -0.1) is 0 Å². The van der Waals surface area contributed by atoms with Gasteiger partial charge in [0.2, 0.25) is 0 Å². The second-order valence-corrected chi connectivity index (χ2v) is 2.32. The van der Waals surface area contributed by atoms with Crippen molar-refractivity contribution in [2.45, 2.75) is 19.6 Å². The molecule has 1 unspecified atom stereocenters. The monoisotopic (exact) mass is 163 g/mol. The molecule has 0 aliphatic rings. The van der Waals surface area contributed by atoms with E-state index in [0.717, 1.165) is 0 Å². The van der Waals surface area contributed by atoms with E-state index in [2.05, 4.69) is 17.0 Å². The Kier molecular flexibility index (Phi) is 3.90. The SMILES string of the molecule is CC(=S)OC(N)CC(=O)O. The molecule has 4 nitrogen and oxygen atoms in total. The second-order valence-electron chi connectivity index (χ2n) is 1.75. The van der Waals surface area contributed by atoms with E-state index < -0.39 is 12.2 Å². The molecule has 0 saturated heterocycles. The van der Waals surface area contributed by atoms with Crippen LogP contribution in [0, 0.1) is 0 Å². The largest absolute Gasteiger partial charge is 0.481 e. The minimum absolute atomic E-state index is 0.228. The molecular formula is C5H9NO3S. The van der Waals surface area contributed by atoms with Crippen LogP contribution >= 0.6 is 12.2 Å². The maximum Gasteiger partial charge on any atom is 0.308 e. The lowest BCUT2D eigenvalue weighted by Crippen LogP contribution is -2.28. The Balaban J connectivity index is 3.53. The Morgan fingerprint density at radius 2 is 2.40 bits per heavy atom. The van der Waals surface area contributed by atoms with E-state index in [9.17, 15) is 4.79 Å². The summed E-state index contributed by atoms with van der Waals surface area (Å²) >= 11 is 4.53. The van der Waals surface area contributed by atoms with Crippen LogP contribution in [0.5, 0.6) is 0 Å². The zero-order valence-electron chi connectivity index (χ0n) is 5.53. The molecule has 0 fully saturated rings. The number of carbonyl (C=O) groups is 1. The van der Waals surface area contributed by atoms with Crippen LogP contribution in [0.15, 0.2) is 0 Å². The maximum atomic E-state index is 9.99. The third-order valence-corrected chi connectivity index (χ3v) is 0.789. The van der Waals surface area contributed by atoms with Gasteiger partial charge in [0.05, 0.1) is 6.42 Å². The first-order chi connectivity index (χ1) is 4.52. The summed E-state index contributed by atoms with van der Waals surface area (Å²) in [6.07, 6.45) is -1.05. The number of rotatable bonds is 3. The molecule has 10 heavy (non-hydrogen) atoms. The van der Waals surface area contributed by atoms with Crippen LogP contribution in [0.2, 0.25) is 0 Å². The van der Waals surface area contributed by atoms with Gasteiger partial charge in [-0.3, -0.25) is 10.5 Å². The summed E-state index contributed by atoms with van der Waals surface area (Å²) in [7, 11) is 0. The predicted molar refractivity (Wildman–Crippen MR) is 39.6 cm³/mol. The van der Waals surface area contributed by atoms with Crippen molar-refractivity contribution in [2.24, 2.45) is 5.73 Å². The lowest BCUT2D eigenvalue weighted by atomic mass is 10.4. The molecule has 0 aromatic carbocycles. The Bertz CT molecular complexity index is 132. The zero-order chi connectivity index (χ0) is 8.15. The van der Waals surface area contributed by atoms with Gasteiger partial charge >= 0.3 is 5.97 Å². The lowest BCUT2D eigenvalue weighted by molar-refractivity contribution is -0.138. The Morgan fingerprint density at radius 1 is 1.90 bits per heavy atom. The fourth-order valence-electron chi connectivity index (χ4n) is 0.427. The van der Waals surface area contributed by atoms with Crippen molar-refractivity contribution in [3.63, 3.8) is 0 Å². The molecule has 0 aromatic heterocycles. The highest BCUT2D eigenvalue weighted by molar-refractivity contribution is 7.80. The highest BCUT2D eigenvalue weighted by atomic mass is 32.1. The van der Waals surface area contributed by atoms with Gasteiger partial charge in [-0.1, -0.05) is 0 Å². The van der Waals surface area contributed by atoms with Crippen molar-refractivity contribution in [3.05, 3.63) is 0 Å². The van der Waals surface area contributed by atoms with Crippen molar-refractivity contribution < 1.29 is 14.6 Å². The van der Waals surface area contributed by atoms with Gasteiger partial charge in [-0.25, -0.2) is 0 Å². The van der Waals surface area contributed by atoms with Crippen LogP contribution < -0.4 is 5.73 Å². The molecule has 0 bridgehead atoms. The van der Waals surface area contributed by atoms with Gasteiger partial charge in [0, 0.05) is 6.92 Å². The minimum Gasteiger partial charge on any atom is -0.481 e. The molecule has 5 heteroatoms. The molecule has 0 radical (unpaired) electrons. The zero-order valence-corrected chi connectivity index (χ0v) is 6.35. The number of hydrogen-bond donors (Lipinski definition) is 2. The first-order valence-electron chi connectivity index (χ1n) is 2.67. The summed E-state index contributed by atoms with van der Waals surface area (Å²) in [4.78, 5) is 9.99. The van der Waals surface area contributed by atoms with Gasteiger partial charge in [0.25, 0.3) is 0 Å². The number of thiocarbonyl (C=S) groups is 1. The highest BCUT2D eigenvalue weighted by Gasteiger charge is 2.08. The number of ether oxygens (including phenoxy) is 1. The molecule has 0 saturated carbocycles. The average Bonchev–Trinajstić information content (AvgIpc) is 1.58. The summed E-state index contributed by atoms with van der Waals surface area (Å²) in [5.41, 5.74) is 5.18. The number of aliphatic carboxylic acids is 1. The summed E-state index contributed by atoms with van der Waals surface area (Å²) in [6.45, 7) is 1.54. The molecule has 0 spiro atoms. The average molecular weight is 163 g/mol. The first-order valence-corrected chi connectivity index (χ1v) is 3.08. The van der Waals surface area contributed by atoms with E-state index in [4.69, 9.17) is 10.8 Å². The van der Waals surface area contributed by atoms with Crippen molar-refractivity contribution in [1.82, 2.24) is 0 Å². The predicted octanol–water partition coefficient (Wildman–Crippen LogP) is 0.110. The van der Waals surface area contributed by atoms with Crippen LogP contribution in [0.3, 0.4) is 0 Å². The fourth-order valence-corrected chi connectivity index (χ4v) is 0.551. The summed E-state index contributed by atoms with van der Waals surface area (Å²) < 4.78 is 4.69. The van der Waals surface area contributed by atoms with Crippen LogP contribution in [-0.4, -0.2) is 22.4 Å². The molecule has 1 atom stereocenters. The molecule has 58 valence electrons. The summed E-state index contributed by atoms with van der Waals surface area (Å²) in [5.74, 6) is -0.997. The topological polar surface area (TPSA) is 72.5 Å². The quantitative estimate of drug-likeness (QED) is 0.456. The van der Waals surface area contributed by atoms with Gasteiger partial charge in [-0.05, 0) is 12.2 Å². The third kappa shape index (κ3) is 5.46. The van der Waals surface area contributed by atoms with E-state index >= 15 is 0 Å². The lowest BCUT2D eigenvalue weighted by Gasteiger charge is -2.09.